The molecule has 0 amide bonds. The van der Waals surface area contributed by atoms with Crippen LogP contribution in [0.5, 0.6) is 5.75 Å². The summed E-state index contributed by atoms with van der Waals surface area (Å²) in [4.78, 5) is 11.8. The van der Waals surface area contributed by atoms with Crippen molar-refractivity contribution in [2.75, 3.05) is 18.2 Å². The number of nitrogens with two attached hydrogens (primary N) is 1. The molecule has 1 rings (SSSR count). The number of ketones is 1. The number of alkyl halides is 1. The van der Waals surface area contributed by atoms with Gasteiger partial charge in [0.25, 0.3) is 0 Å². The Kier molecular flexibility index (Phi) is 6.50. The molecule has 0 aliphatic carbocycles. The number of hydrogen-bond acceptors (Lipinski definition) is 3. The minimum absolute atomic E-state index is 0.190. The smallest absolute Gasteiger partial charge is 0.137 e. The summed E-state index contributed by atoms with van der Waals surface area (Å²) in [5.41, 5.74) is 6.95. The second-order valence-corrected chi connectivity index (χ2v) is 5.25. The molecule has 2 N–H and O–H groups in total. The number of anilines is 1. The van der Waals surface area contributed by atoms with Gasteiger partial charge in [-0.05, 0) is 18.9 Å². The van der Waals surface area contributed by atoms with Crippen LogP contribution < -0.4 is 10.5 Å². The zero-order valence-corrected chi connectivity index (χ0v) is 12.7. The standard InChI is InChI=1S/C13H17BrClNO2/c1-18-13-8-12(16)11(15)7-9(13)6-10(17)4-2-3-5-14/h7-8H,2-6,16H2,1H3. The number of ether oxygens (including phenoxy) is 1. The highest BCUT2D eigenvalue weighted by Crippen LogP contribution is 2.29. The SMILES string of the molecule is COc1cc(N)c(Cl)cc1CC(=O)CCCCBr. The van der Waals surface area contributed by atoms with E-state index in [9.17, 15) is 4.79 Å². The van der Waals surface area contributed by atoms with Crippen molar-refractivity contribution in [1.29, 1.82) is 0 Å². The van der Waals surface area contributed by atoms with Gasteiger partial charge in [0.05, 0.1) is 17.8 Å². The number of benzene rings is 1. The van der Waals surface area contributed by atoms with Crippen LogP contribution in [0, 0.1) is 0 Å². The van der Waals surface area contributed by atoms with Crippen molar-refractivity contribution in [2.45, 2.75) is 25.7 Å². The van der Waals surface area contributed by atoms with Gasteiger partial charge in [0.15, 0.2) is 0 Å². The van der Waals surface area contributed by atoms with Crippen LogP contribution in [0.15, 0.2) is 12.1 Å². The van der Waals surface area contributed by atoms with Crippen molar-refractivity contribution >= 4 is 39.0 Å². The minimum atomic E-state index is 0.190. The summed E-state index contributed by atoms with van der Waals surface area (Å²) in [5, 5.41) is 1.39. The number of Topliss-reactive ketones (excluding diaryl/α,β-unsaturated/α-hetero) is 1. The van der Waals surface area contributed by atoms with Gasteiger partial charge in [-0.3, -0.25) is 4.79 Å². The van der Waals surface area contributed by atoms with E-state index in [4.69, 9.17) is 22.1 Å². The zero-order chi connectivity index (χ0) is 13.5. The van der Waals surface area contributed by atoms with Crippen molar-refractivity contribution in [3.05, 3.63) is 22.7 Å². The largest absolute Gasteiger partial charge is 0.496 e. The molecular weight excluding hydrogens is 318 g/mol. The molecule has 0 spiro atoms. The van der Waals surface area contributed by atoms with Gasteiger partial charge < -0.3 is 10.5 Å². The first-order chi connectivity index (χ1) is 8.58. The van der Waals surface area contributed by atoms with Crippen molar-refractivity contribution < 1.29 is 9.53 Å². The monoisotopic (exact) mass is 333 g/mol. The summed E-state index contributed by atoms with van der Waals surface area (Å²) < 4.78 is 5.21. The Morgan fingerprint density at radius 3 is 2.78 bits per heavy atom. The summed E-state index contributed by atoms with van der Waals surface area (Å²) in [6.07, 6.45) is 2.82. The zero-order valence-electron chi connectivity index (χ0n) is 10.3. The molecule has 0 aliphatic heterocycles. The fourth-order valence-corrected chi connectivity index (χ4v) is 2.24. The lowest BCUT2D eigenvalue weighted by atomic mass is 10.0. The summed E-state index contributed by atoms with van der Waals surface area (Å²) in [5.74, 6) is 0.806. The van der Waals surface area contributed by atoms with Gasteiger partial charge >= 0.3 is 0 Å². The van der Waals surface area contributed by atoms with E-state index >= 15 is 0 Å². The van der Waals surface area contributed by atoms with E-state index in [0.29, 0.717) is 29.3 Å². The van der Waals surface area contributed by atoms with Gasteiger partial charge in [-0.25, -0.2) is 0 Å². The first-order valence-electron chi connectivity index (χ1n) is 5.78. The number of rotatable bonds is 7. The lowest BCUT2D eigenvalue weighted by Crippen LogP contribution is -2.05. The van der Waals surface area contributed by atoms with Crippen LogP contribution >= 0.6 is 27.5 Å². The molecule has 0 unspecified atom stereocenters. The molecule has 100 valence electrons. The third-order valence-electron chi connectivity index (χ3n) is 2.63. The van der Waals surface area contributed by atoms with Gasteiger partial charge in [-0.2, -0.15) is 0 Å². The molecule has 1 aromatic rings. The van der Waals surface area contributed by atoms with E-state index in [1.54, 1.807) is 19.2 Å². The second kappa shape index (κ2) is 7.64. The highest BCUT2D eigenvalue weighted by molar-refractivity contribution is 9.09. The predicted octanol–water partition coefficient (Wildman–Crippen LogP) is 3.61. The fourth-order valence-electron chi connectivity index (χ4n) is 1.66. The topological polar surface area (TPSA) is 52.3 Å². The highest BCUT2D eigenvalue weighted by Gasteiger charge is 2.11. The molecular formula is C13H17BrClNO2. The molecule has 0 fully saturated rings. The van der Waals surface area contributed by atoms with Crippen molar-refractivity contribution in [2.24, 2.45) is 0 Å². The maximum Gasteiger partial charge on any atom is 0.137 e. The number of halogens is 2. The Labute approximate surface area is 121 Å². The maximum atomic E-state index is 11.8. The number of hydrogen-bond donors (Lipinski definition) is 1. The molecule has 0 atom stereocenters. The lowest BCUT2D eigenvalue weighted by Gasteiger charge is -2.10. The highest BCUT2D eigenvalue weighted by atomic mass is 79.9. The number of carbonyl (C=O) groups excluding carboxylic acids is 1. The summed E-state index contributed by atoms with van der Waals surface area (Å²) >= 11 is 9.30. The van der Waals surface area contributed by atoms with Gasteiger partial charge in [-0.15, -0.1) is 0 Å². The summed E-state index contributed by atoms with van der Waals surface area (Å²) in [6.45, 7) is 0. The number of methoxy groups -OCH3 is 1. The van der Waals surface area contributed by atoms with Crippen LogP contribution in [0.1, 0.15) is 24.8 Å². The lowest BCUT2D eigenvalue weighted by molar-refractivity contribution is -0.118. The molecule has 0 radical (unpaired) electrons. The maximum absolute atomic E-state index is 11.8. The number of nitrogen functional groups attached to an aromatic ring is 1. The molecule has 0 aliphatic rings. The molecule has 0 heterocycles. The normalized spacial score (nSPS) is 10.4. The van der Waals surface area contributed by atoms with Crippen LogP contribution in [0.3, 0.4) is 0 Å². The van der Waals surface area contributed by atoms with E-state index in [-0.39, 0.29) is 5.78 Å². The van der Waals surface area contributed by atoms with Gasteiger partial charge in [0.2, 0.25) is 0 Å². The molecule has 3 nitrogen and oxygen atoms in total. The Morgan fingerprint density at radius 2 is 2.17 bits per heavy atom. The van der Waals surface area contributed by atoms with Crippen LogP contribution in [0.25, 0.3) is 0 Å². The predicted molar refractivity (Wildman–Crippen MR) is 78.8 cm³/mol. The van der Waals surface area contributed by atoms with Gasteiger partial charge in [-0.1, -0.05) is 27.5 Å². The molecule has 0 saturated carbocycles. The molecule has 5 heteroatoms. The average Bonchev–Trinajstić information content (AvgIpc) is 2.34. The van der Waals surface area contributed by atoms with E-state index in [1.807, 2.05) is 0 Å². The van der Waals surface area contributed by atoms with E-state index in [0.717, 1.165) is 23.7 Å². The van der Waals surface area contributed by atoms with E-state index in [1.165, 1.54) is 0 Å². The molecule has 0 aromatic heterocycles. The molecule has 18 heavy (non-hydrogen) atoms. The van der Waals surface area contributed by atoms with Gasteiger partial charge in [0, 0.05) is 29.8 Å². The van der Waals surface area contributed by atoms with E-state index < -0.39 is 0 Å². The van der Waals surface area contributed by atoms with Crippen molar-refractivity contribution in [3.63, 3.8) is 0 Å². The second-order valence-electron chi connectivity index (χ2n) is 4.05. The fraction of sp³-hybridized carbons (Fsp3) is 0.462. The third-order valence-corrected chi connectivity index (χ3v) is 3.51. The van der Waals surface area contributed by atoms with Crippen LogP contribution in [-0.2, 0) is 11.2 Å². The quantitative estimate of drug-likeness (QED) is 0.471. The van der Waals surface area contributed by atoms with Crippen LogP contribution in [0.2, 0.25) is 5.02 Å². The van der Waals surface area contributed by atoms with Crippen molar-refractivity contribution in [1.82, 2.24) is 0 Å². The van der Waals surface area contributed by atoms with Crippen LogP contribution in [-0.4, -0.2) is 18.2 Å². The Hall–Kier alpha value is -0.740. The first-order valence-corrected chi connectivity index (χ1v) is 7.28. The summed E-state index contributed by atoms with van der Waals surface area (Å²) in [6, 6.07) is 3.36. The molecule has 1 aromatic carbocycles. The minimum Gasteiger partial charge on any atom is -0.496 e. The average molecular weight is 335 g/mol. The van der Waals surface area contributed by atoms with Gasteiger partial charge in [0.1, 0.15) is 11.5 Å². The Balaban J connectivity index is 2.71. The van der Waals surface area contributed by atoms with Crippen LogP contribution in [0.4, 0.5) is 5.69 Å². The Morgan fingerprint density at radius 1 is 1.44 bits per heavy atom. The molecule has 0 bridgehead atoms. The Bertz CT molecular complexity index is 424. The third kappa shape index (κ3) is 4.50. The summed E-state index contributed by atoms with van der Waals surface area (Å²) in [7, 11) is 1.56. The number of carbonyl (C=O) groups is 1. The first kappa shape index (κ1) is 15.3. The van der Waals surface area contributed by atoms with Crippen molar-refractivity contribution in [3.8, 4) is 5.75 Å². The number of unbranched alkanes of at least 4 members (excludes halogenated alkanes) is 1. The molecule has 0 saturated heterocycles. The van der Waals surface area contributed by atoms with E-state index in [2.05, 4.69) is 15.9 Å².